The molecule has 0 fully saturated rings. The van der Waals surface area contributed by atoms with E-state index in [9.17, 15) is 0 Å². The fourth-order valence-electron chi connectivity index (χ4n) is 1.37. The maximum atomic E-state index is 3.80. The van der Waals surface area contributed by atoms with Gasteiger partial charge in [0.25, 0.3) is 0 Å². The largest absolute Gasteiger partial charge is 4.00 e. The number of aromatic amines is 1. The Bertz CT molecular complexity index is 508. The van der Waals surface area contributed by atoms with Gasteiger partial charge in [-0.05, 0) is 0 Å². The minimum absolute atomic E-state index is 0. The van der Waals surface area contributed by atoms with Crippen LogP contribution < -0.4 is 35.3 Å². The van der Waals surface area contributed by atoms with Gasteiger partial charge in [-0.25, -0.2) is 0 Å². The van der Waals surface area contributed by atoms with E-state index in [1.165, 1.54) is 5.22 Å². The minimum atomic E-state index is 0. The number of rotatable bonds is 0. The van der Waals surface area contributed by atoms with Crippen molar-refractivity contribution in [3.8, 4) is 0 Å². The third kappa shape index (κ3) is 5.75. The van der Waals surface area contributed by atoms with Crippen molar-refractivity contribution in [2.45, 2.75) is 0 Å². The first kappa shape index (κ1) is 19.6. The molecule has 1 aliphatic rings. The zero-order valence-electron chi connectivity index (χ0n) is 9.58. The maximum Gasteiger partial charge on any atom is 4.00 e. The summed E-state index contributed by atoms with van der Waals surface area (Å²) in [5.74, 6) is 0. The number of benzene rings is 1. The van der Waals surface area contributed by atoms with E-state index in [1.807, 2.05) is 42.6 Å². The molecule has 0 aliphatic heterocycles. The predicted molar refractivity (Wildman–Crippen MR) is 62.3 cm³/mol. The molecule has 3 rings (SSSR count). The summed E-state index contributed by atoms with van der Waals surface area (Å²) in [6, 6.07) is 11.9. The van der Waals surface area contributed by atoms with Crippen LogP contribution in [-0.2, 0) is 21.7 Å². The van der Waals surface area contributed by atoms with E-state index >= 15 is 0 Å². The molecule has 0 radical (unpaired) electrons. The molecule has 0 bridgehead atoms. The van der Waals surface area contributed by atoms with Gasteiger partial charge >= 0.3 is 21.7 Å². The summed E-state index contributed by atoms with van der Waals surface area (Å²) in [6.07, 6.45) is 9.74. The smallest absolute Gasteiger partial charge is 1.00 e. The zero-order valence-corrected chi connectivity index (χ0v) is 12.7. The molecule has 18 heavy (non-hydrogen) atoms. The van der Waals surface area contributed by atoms with Gasteiger partial charge in [0.15, 0.2) is 0 Å². The molecule has 1 heterocycles. The van der Waals surface area contributed by atoms with Crippen LogP contribution in [0, 0.1) is 6.20 Å². The van der Waals surface area contributed by atoms with Crippen molar-refractivity contribution < 1.29 is 46.5 Å². The molecule has 1 aromatic carbocycles. The SMILES string of the molecule is C=C1[C-]=c2ccccc2=C1.[Cl-].[Cl-].[Ti+4].[c-]1ccc[nH]1. The van der Waals surface area contributed by atoms with Crippen molar-refractivity contribution in [2.75, 3.05) is 0 Å². The van der Waals surface area contributed by atoms with Crippen LogP contribution in [0.2, 0.25) is 0 Å². The first-order valence-electron chi connectivity index (χ1n) is 4.75. The van der Waals surface area contributed by atoms with Crippen LogP contribution in [0.5, 0.6) is 0 Å². The molecule has 1 nitrogen and oxygen atoms in total. The van der Waals surface area contributed by atoms with Gasteiger partial charge in [0.05, 0.1) is 0 Å². The van der Waals surface area contributed by atoms with Gasteiger partial charge in [0.2, 0.25) is 0 Å². The Morgan fingerprint density at radius 2 is 1.78 bits per heavy atom. The average molecular weight is 312 g/mol. The molecule has 4 heteroatoms. The number of aromatic nitrogens is 1. The van der Waals surface area contributed by atoms with Gasteiger partial charge in [-0.1, -0.05) is 18.2 Å². The first-order chi connectivity index (χ1) is 7.36. The molecule has 90 valence electrons. The predicted octanol–water partition coefficient (Wildman–Crippen LogP) is -4.49. The summed E-state index contributed by atoms with van der Waals surface area (Å²) >= 11 is 0. The molecular weight excluding hydrogens is 301 g/mol. The van der Waals surface area contributed by atoms with Crippen LogP contribution in [0.25, 0.3) is 12.2 Å². The molecular formula is C14H11Cl2NTi. The third-order valence-corrected chi connectivity index (χ3v) is 2.03. The summed E-state index contributed by atoms with van der Waals surface area (Å²) < 4.78 is 0. The number of fused-ring (bicyclic) bond motifs is 1. The Hall–Kier alpha value is -0.726. The van der Waals surface area contributed by atoms with E-state index in [4.69, 9.17) is 0 Å². The molecule has 2 aromatic rings. The number of nitrogens with one attached hydrogen (secondary N) is 1. The van der Waals surface area contributed by atoms with Gasteiger partial charge < -0.3 is 29.8 Å². The first-order valence-corrected chi connectivity index (χ1v) is 4.75. The Morgan fingerprint density at radius 1 is 1.06 bits per heavy atom. The molecule has 1 aliphatic carbocycles. The van der Waals surface area contributed by atoms with E-state index in [0.29, 0.717) is 0 Å². The second-order valence-electron chi connectivity index (χ2n) is 3.20. The van der Waals surface area contributed by atoms with E-state index in [-0.39, 0.29) is 46.5 Å². The van der Waals surface area contributed by atoms with Crippen LogP contribution in [0.1, 0.15) is 0 Å². The average Bonchev–Trinajstić information content (AvgIpc) is 2.87. The second-order valence-corrected chi connectivity index (χ2v) is 3.20. The molecule has 0 unspecified atom stereocenters. The fourth-order valence-corrected chi connectivity index (χ4v) is 1.37. The maximum absolute atomic E-state index is 3.80. The van der Waals surface area contributed by atoms with E-state index in [1.54, 1.807) is 0 Å². The van der Waals surface area contributed by atoms with Gasteiger partial charge in [-0.15, -0.1) is 40.4 Å². The molecule has 0 saturated heterocycles. The molecule has 1 aromatic heterocycles. The van der Waals surface area contributed by atoms with Crippen molar-refractivity contribution in [1.29, 1.82) is 0 Å². The number of hydrogen-bond acceptors (Lipinski definition) is 0. The molecule has 0 saturated carbocycles. The Balaban J connectivity index is 0. The number of H-pyrrole nitrogens is 1. The number of allylic oxidation sites excluding steroid dienone is 1. The van der Waals surface area contributed by atoms with Crippen LogP contribution in [0.4, 0.5) is 0 Å². The summed E-state index contributed by atoms with van der Waals surface area (Å²) in [5, 5.41) is 2.39. The van der Waals surface area contributed by atoms with Crippen molar-refractivity contribution >= 4 is 12.2 Å². The molecule has 0 spiro atoms. The molecule has 0 atom stereocenters. The van der Waals surface area contributed by atoms with Gasteiger partial charge in [0.1, 0.15) is 0 Å². The standard InChI is InChI=1S/C10H7.C4H4N.2ClH.Ti/c1-8-6-9-4-2-3-5-10(9)7-8;1-2-4-5-3-1;;;/h2-6H,1H2;1-3,5H;2*1H;/q2*-1;;;+4/p-2. The quantitative estimate of drug-likeness (QED) is 0.373. The second kappa shape index (κ2) is 10.2. The van der Waals surface area contributed by atoms with Crippen molar-refractivity contribution in [3.05, 3.63) is 71.4 Å². The minimum Gasteiger partial charge on any atom is -1.00 e. The monoisotopic (exact) mass is 311 g/mol. The normalized spacial score (nSPS) is 9.89. The van der Waals surface area contributed by atoms with Crippen molar-refractivity contribution in [1.82, 2.24) is 4.98 Å². The van der Waals surface area contributed by atoms with Gasteiger partial charge in [-0.3, -0.25) is 0 Å². The van der Waals surface area contributed by atoms with Crippen LogP contribution in [0.15, 0.2) is 54.7 Å². The van der Waals surface area contributed by atoms with E-state index < -0.39 is 0 Å². The van der Waals surface area contributed by atoms with E-state index in [2.05, 4.69) is 29.9 Å². The topological polar surface area (TPSA) is 15.8 Å². The third-order valence-electron chi connectivity index (χ3n) is 2.03. The number of halogens is 2. The summed E-state index contributed by atoms with van der Waals surface area (Å²) in [5.41, 5.74) is 0.973. The fraction of sp³-hybridized carbons (Fsp3) is 0. The molecule has 1 N–H and O–H groups in total. The van der Waals surface area contributed by atoms with Gasteiger partial charge in [-0.2, -0.15) is 24.9 Å². The summed E-state index contributed by atoms with van der Waals surface area (Å²) in [6.45, 7) is 3.80. The zero-order chi connectivity index (χ0) is 10.5. The summed E-state index contributed by atoms with van der Waals surface area (Å²) in [4.78, 5) is 2.74. The number of hydrogen-bond donors (Lipinski definition) is 1. The van der Waals surface area contributed by atoms with Gasteiger partial charge in [0, 0.05) is 0 Å². The summed E-state index contributed by atoms with van der Waals surface area (Å²) in [7, 11) is 0. The molecule has 0 amide bonds. The Labute approximate surface area is 134 Å². The van der Waals surface area contributed by atoms with Crippen LogP contribution >= 0.6 is 0 Å². The van der Waals surface area contributed by atoms with E-state index in [0.717, 1.165) is 10.8 Å². The Kier molecular flexibility index (Phi) is 11.1. The Morgan fingerprint density at radius 3 is 2.28 bits per heavy atom. The van der Waals surface area contributed by atoms with Crippen LogP contribution in [-0.4, -0.2) is 4.98 Å². The van der Waals surface area contributed by atoms with Crippen LogP contribution in [0.3, 0.4) is 0 Å². The van der Waals surface area contributed by atoms with Crippen molar-refractivity contribution in [3.63, 3.8) is 0 Å². The van der Waals surface area contributed by atoms with Crippen molar-refractivity contribution in [2.24, 2.45) is 0 Å².